The van der Waals surface area contributed by atoms with Crippen LogP contribution in [-0.2, 0) is 25.5 Å². The lowest BCUT2D eigenvalue weighted by atomic mass is 10.1. The van der Waals surface area contributed by atoms with Gasteiger partial charge in [0, 0.05) is 0 Å². The number of methoxy groups -OCH3 is 1. The molecule has 2 heterocycles. The van der Waals surface area contributed by atoms with Gasteiger partial charge in [0.25, 0.3) is 0 Å². The molecule has 0 N–H and O–H groups in total. The fraction of sp³-hybridized carbons (Fsp3) is 0.412. The van der Waals surface area contributed by atoms with Crippen molar-refractivity contribution >= 4 is 11.9 Å². The van der Waals surface area contributed by atoms with Crippen molar-refractivity contribution in [3.05, 3.63) is 47.7 Å². The van der Waals surface area contributed by atoms with Crippen LogP contribution in [0.2, 0.25) is 0 Å². The van der Waals surface area contributed by atoms with Crippen LogP contribution in [0.25, 0.3) is 0 Å². The first-order valence-corrected chi connectivity index (χ1v) is 7.50. The quantitative estimate of drug-likeness (QED) is 0.474. The molecule has 2 saturated heterocycles. The highest BCUT2D eigenvalue weighted by atomic mass is 16.6. The Morgan fingerprint density at radius 3 is 2.86 bits per heavy atom. The van der Waals surface area contributed by atoms with E-state index in [1.165, 1.54) is 17.6 Å². The number of aryl methyl sites for hydroxylation is 1. The van der Waals surface area contributed by atoms with E-state index in [0.29, 0.717) is 12.2 Å². The van der Waals surface area contributed by atoms with Crippen molar-refractivity contribution in [1.29, 1.82) is 0 Å². The van der Waals surface area contributed by atoms with E-state index in [1.807, 2.05) is 24.3 Å². The van der Waals surface area contributed by atoms with Crippen molar-refractivity contribution < 1.29 is 19.1 Å². The minimum Gasteiger partial charge on any atom is -0.472 e. The summed E-state index contributed by atoms with van der Waals surface area (Å²) in [4.78, 5) is 25.0. The summed E-state index contributed by atoms with van der Waals surface area (Å²) >= 11 is 0. The first kappa shape index (κ1) is 14.6. The van der Waals surface area contributed by atoms with Gasteiger partial charge in [-0.25, -0.2) is 4.79 Å². The topological polar surface area (TPSA) is 55.8 Å². The number of allylic oxidation sites excluding steroid dienone is 1. The maximum Gasteiger partial charge on any atom is 0.336 e. The van der Waals surface area contributed by atoms with Crippen molar-refractivity contribution in [1.82, 2.24) is 4.90 Å². The number of carbonyl (C=O) groups is 2. The van der Waals surface area contributed by atoms with Crippen molar-refractivity contribution in [2.24, 2.45) is 0 Å². The highest BCUT2D eigenvalue weighted by Gasteiger charge is 2.53. The summed E-state index contributed by atoms with van der Waals surface area (Å²) in [5, 5.41) is 0. The van der Waals surface area contributed by atoms with E-state index in [-0.39, 0.29) is 12.1 Å². The van der Waals surface area contributed by atoms with Crippen molar-refractivity contribution in [2.45, 2.75) is 38.0 Å². The van der Waals surface area contributed by atoms with Gasteiger partial charge in [-0.15, -0.1) is 0 Å². The van der Waals surface area contributed by atoms with Crippen LogP contribution >= 0.6 is 0 Å². The fourth-order valence-electron chi connectivity index (χ4n) is 2.86. The van der Waals surface area contributed by atoms with Crippen LogP contribution in [0.4, 0.5) is 0 Å². The lowest BCUT2D eigenvalue weighted by Gasteiger charge is -2.33. The maximum atomic E-state index is 11.9. The summed E-state index contributed by atoms with van der Waals surface area (Å²) < 4.78 is 10.5. The summed E-state index contributed by atoms with van der Waals surface area (Å²) in [6, 6.07) is 9.55. The maximum absolute atomic E-state index is 11.9. The Balaban J connectivity index is 1.60. The van der Waals surface area contributed by atoms with E-state index >= 15 is 0 Å². The fourth-order valence-corrected chi connectivity index (χ4v) is 2.86. The van der Waals surface area contributed by atoms with Crippen molar-refractivity contribution in [2.75, 3.05) is 7.11 Å². The van der Waals surface area contributed by atoms with Crippen molar-refractivity contribution in [3.63, 3.8) is 0 Å². The number of amides is 1. The second-order valence-electron chi connectivity index (χ2n) is 5.49. The van der Waals surface area contributed by atoms with Gasteiger partial charge in [-0.05, 0) is 30.9 Å². The van der Waals surface area contributed by atoms with Crippen LogP contribution in [0.3, 0.4) is 0 Å². The molecule has 1 unspecified atom stereocenters. The molecule has 2 aliphatic heterocycles. The molecule has 5 heteroatoms. The van der Waals surface area contributed by atoms with E-state index in [4.69, 9.17) is 9.47 Å². The summed E-state index contributed by atoms with van der Waals surface area (Å²) in [5.74, 6) is 0.0497. The molecule has 1 aromatic carbocycles. The van der Waals surface area contributed by atoms with Crippen LogP contribution in [0.5, 0.6) is 0 Å². The highest BCUT2D eigenvalue weighted by molar-refractivity contribution is 5.91. The average Bonchev–Trinajstić information content (AvgIpc) is 2.84. The first-order valence-electron chi connectivity index (χ1n) is 7.50. The molecular weight excluding hydrogens is 282 g/mol. The lowest BCUT2D eigenvalue weighted by molar-refractivity contribution is -0.164. The predicted octanol–water partition coefficient (Wildman–Crippen LogP) is 2.02. The molecule has 0 radical (unpaired) electrons. The molecule has 5 nitrogen and oxygen atoms in total. The van der Waals surface area contributed by atoms with Gasteiger partial charge < -0.3 is 9.47 Å². The molecule has 0 aliphatic carbocycles. The molecule has 0 spiro atoms. The number of carbonyl (C=O) groups excluding carboxylic acids is 2. The van der Waals surface area contributed by atoms with Crippen molar-refractivity contribution in [3.8, 4) is 0 Å². The second kappa shape index (κ2) is 6.22. The molecule has 3 rings (SSSR count). The largest absolute Gasteiger partial charge is 0.472 e. The minimum absolute atomic E-state index is 0.0620. The van der Waals surface area contributed by atoms with E-state index in [0.717, 1.165) is 19.3 Å². The standard InChI is InChI=1S/C17H19NO4/c1-21-17(20)16-13(22-15-11-14(19)18(15)16)10-6-5-9-12-7-3-2-4-8-12/h2-4,7-8,10,15-16H,5-6,9,11H2,1H3/b13-10-/t15-,16?/m1/s1. The number of hydrogen-bond acceptors (Lipinski definition) is 4. The molecule has 1 amide bonds. The van der Waals surface area contributed by atoms with Gasteiger partial charge in [0.05, 0.1) is 13.5 Å². The monoisotopic (exact) mass is 301 g/mol. The normalized spacial score (nSPS) is 24.7. The smallest absolute Gasteiger partial charge is 0.336 e. The number of fused-ring (bicyclic) bond motifs is 1. The van der Waals surface area contributed by atoms with Gasteiger partial charge in [-0.2, -0.15) is 0 Å². The summed E-state index contributed by atoms with van der Waals surface area (Å²) in [5.41, 5.74) is 1.29. The van der Waals surface area contributed by atoms with Gasteiger partial charge in [-0.1, -0.05) is 30.3 Å². The number of unbranched alkanes of at least 4 members (excludes halogenated alkanes) is 1. The minimum atomic E-state index is -0.701. The van der Waals surface area contributed by atoms with Crippen LogP contribution in [0, 0.1) is 0 Å². The number of nitrogens with zero attached hydrogens (tertiary/aromatic N) is 1. The molecule has 2 fully saturated rings. The second-order valence-corrected chi connectivity index (χ2v) is 5.49. The van der Waals surface area contributed by atoms with Gasteiger partial charge in [-0.3, -0.25) is 9.69 Å². The summed E-state index contributed by atoms with van der Waals surface area (Å²) in [6.07, 6.45) is 4.69. The Kier molecular flexibility index (Phi) is 4.13. The lowest BCUT2D eigenvalue weighted by Crippen LogP contribution is -2.55. The SMILES string of the molecule is COC(=O)C1/C(=C/CCCc2ccccc2)O[C@@H]2CC(=O)N12. The third-order valence-electron chi connectivity index (χ3n) is 4.05. The zero-order valence-electron chi connectivity index (χ0n) is 12.5. The zero-order valence-corrected chi connectivity index (χ0v) is 12.5. The summed E-state index contributed by atoms with van der Waals surface area (Å²) in [7, 11) is 1.33. The Hall–Kier alpha value is -2.30. The molecule has 2 atom stereocenters. The van der Waals surface area contributed by atoms with Gasteiger partial charge in [0.1, 0.15) is 5.76 Å². The van der Waals surface area contributed by atoms with E-state index < -0.39 is 12.0 Å². The van der Waals surface area contributed by atoms with E-state index in [2.05, 4.69) is 12.1 Å². The molecule has 0 bridgehead atoms. The molecule has 22 heavy (non-hydrogen) atoms. The predicted molar refractivity (Wildman–Crippen MR) is 79.6 cm³/mol. The number of rotatable bonds is 5. The molecule has 0 aromatic heterocycles. The molecule has 116 valence electrons. The average molecular weight is 301 g/mol. The molecular formula is C17H19NO4. The number of esters is 1. The van der Waals surface area contributed by atoms with E-state index in [1.54, 1.807) is 0 Å². The Bertz CT molecular complexity index is 596. The van der Waals surface area contributed by atoms with Crippen LogP contribution < -0.4 is 0 Å². The molecule has 2 aliphatic rings. The number of ether oxygens (including phenoxy) is 2. The van der Waals surface area contributed by atoms with E-state index in [9.17, 15) is 9.59 Å². The number of β-lactam (4-membered cyclic amide) rings is 1. The highest BCUT2D eigenvalue weighted by Crippen LogP contribution is 2.37. The van der Waals surface area contributed by atoms with Crippen LogP contribution in [-0.4, -0.2) is 36.2 Å². The third kappa shape index (κ3) is 2.71. The van der Waals surface area contributed by atoms with Gasteiger partial charge in [0.2, 0.25) is 5.91 Å². The zero-order chi connectivity index (χ0) is 15.5. The molecule has 0 saturated carbocycles. The van der Waals surface area contributed by atoms with Crippen LogP contribution in [0.1, 0.15) is 24.8 Å². The molecule has 1 aromatic rings. The first-order chi connectivity index (χ1) is 10.7. The Morgan fingerprint density at radius 1 is 1.41 bits per heavy atom. The number of hydrogen-bond donors (Lipinski definition) is 0. The van der Waals surface area contributed by atoms with Crippen LogP contribution in [0.15, 0.2) is 42.2 Å². The Labute approximate surface area is 129 Å². The number of benzene rings is 1. The van der Waals surface area contributed by atoms with Gasteiger partial charge in [0.15, 0.2) is 12.3 Å². The van der Waals surface area contributed by atoms with Gasteiger partial charge >= 0.3 is 5.97 Å². The summed E-state index contributed by atoms with van der Waals surface area (Å²) in [6.45, 7) is 0. The Morgan fingerprint density at radius 2 is 2.18 bits per heavy atom. The third-order valence-corrected chi connectivity index (χ3v) is 4.05.